The van der Waals surface area contributed by atoms with Crippen molar-refractivity contribution in [2.45, 2.75) is 6.61 Å². The van der Waals surface area contributed by atoms with Crippen LogP contribution in [0.2, 0.25) is 10.0 Å². The van der Waals surface area contributed by atoms with Crippen molar-refractivity contribution in [2.75, 3.05) is 0 Å². The largest absolute Gasteiger partial charge is 0.487 e. The van der Waals surface area contributed by atoms with Gasteiger partial charge in [0, 0.05) is 10.6 Å². The number of benzene rings is 2. The minimum absolute atomic E-state index is 0.323. The Morgan fingerprint density at radius 1 is 1.17 bits per heavy atom. The monoisotopic (exact) mass is 344 g/mol. The lowest BCUT2D eigenvalue weighted by Crippen LogP contribution is -1.96. The highest BCUT2D eigenvalue weighted by atomic mass is 35.5. The Labute approximate surface area is 142 Å². The van der Waals surface area contributed by atoms with Crippen LogP contribution in [0.1, 0.15) is 11.3 Å². The van der Waals surface area contributed by atoms with E-state index in [-0.39, 0.29) is 0 Å². The zero-order valence-electron chi connectivity index (χ0n) is 11.8. The maximum Gasteiger partial charge on any atom is 0.163 e. The number of nitriles is 1. The molecule has 0 saturated heterocycles. The summed E-state index contributed by atoms with van der Waals surface area (Å²) in [5.41, 5.74) is 2.54. The Morgan fingerprint density at radius 3 is 2.83 bits per heavy atom. The number of rotatable bonds is 4. The van der Waals surface area contributed by atoms with E-state index in [1.807, 2.05) is 30.3 Å². The third kappa shape index (κ3) is 3.45. The molecule has 0 saturated carbocycles. The molecule has 0 bridgehead atoms. The zero-order valence-corrected chi connectivity index (χ0v) is 13.3. The Hall–Kier alpha value is -2.55. The van der Waals surface area contributed by atoms with Gasteiger partial charge in [0.2, 0.25) is 0 Å². The van der Waals surface area contributed by atoms with Crippen LogP contribution in [0.25, 0.3) is 11.3 Å². The van der Waals surface area contributed by atoms with Gasteiger partial charge in [-0.25, -0.2) is 5.10 Å². The summed E-state index contributed by atoms with van der Waals surface area (Å²) in [5, 5.41) is 20.2. The molecule has 0 aliphatic heterocycles. The number of halogens is 2. The van der Waals surface area contributed by atoms with Crippen molar-refractivity contribution in [3.8, 4) is 23.1 Å². The average Bonchev–Trinajstić information content (AvgIpc) is 3.03. The Kier molecular flexibility index (Phi) is 4.47. The van der Waals surface area contributed by atoms with Gasteiger partial charge in [0.1, 0.15) is 24.1 Å². The van der Waals surface area contributed by atoms with Crippen LogP contribution < -0.4 is 4.74 Å². The number of aromatic nitrogens is 3. The minimum Gasteiger partial charge on any atom is -0.487 e. The van der Waals surface area contributed by atoms with Crippen LogP contribution in [-0.2, 0) is 6.61 Å². The molecule has 0 fully saturated rings. The molecule has 114 valence electrons. The van der Waals surface area contributed by atoms with Gasteiger partial charge in [-0.2, -0.15) is 5.26 Å². The van der Waals surface area contributed by atoms with E-state index in [0.717, 1.165) is 11.1 Å². The van der Waals surface area contributed by atoms with Crippen LogP contribution in [0.3, 0.4) is 0 Å². The molecule has 0 aliphatic carbocycles. The van der Waals surface area contributed by atoms with E-state index in [0.29, 0.717) is 33.8 Å². The molecular weight excluding hydrogens is 335 g/mol. The molecule has 1 heterocycles. The molecule has 0 spiro atoms. The molecule has 23 heavy (non-hydrogen) atoms. The molecule has 0 unspecified atom stereocenters. The first-order valence-electron chi connectivity index (χ1n) is 6.65. The van der Waals surface area contributed by atoms with E-state index in [1.54, 1.807) is 18.2 Å². The van der Waals surface area contributed by atoms with E-state index < -0.39 is 0 Å². The fourth-order valence-corrected chi connectivity index (χ4v) is 2.53. The summed E-state index contributed by atoms with van der Waals surface area (Å²) >= 11 is 11.9. The summed E-state index contributed by atoms with van der Waals surface area (Å²) in [5.74, 6) is 0.556. The molecule has 1 N–H and O–H groups in total. The summed E-state index contributed by atoms with van der Waals surface area (Å²) < 4.78 is 5.71. The van der Waals surface area contributed by atoms with Gasteiger partial charge in [-0.1, -0.05) is 46.6 Å². The molecule has 5 nitrogen and oxygen atoms in total. The van der Waals surface area contributed by atoms with Crippen molar-refractivity contribution in [2.24, 2.45) is 0 Å². The second-order valence-electron chi connectivity index (χ2n) is 4.71. The second-order valence-corrected chi connectivity index (χ2v) is 5.55. The normalized spacial score (nSPS) is 10.3. The molecule has 0 radical (unpaired) electrons. The number of aromatic amines is 1. The zero-order chi connectivity index (χ0) is 16.2. The Bertz CT molecular complexity index is 886. The lowest BCUT2D eigenvalue weighted by atomic mass is 10.1. The molecular formula is C16H10Cl2N4O. The first-order valence-corrected chi connectivity index (χ1v) is 7.41. The molecule has 0 atom stereocenters. The highest BCUT2D eigenvalue weighted by molar-refractivity contribution is 6.35. The number of nitrogens with zero attached hydrogens (tertiary/aromatic N) is 3. The standard InChI is InChI=1S/C16H10Cl2N4O/c17-12-4-5-15(13(18)7-12)23-9-10-2-1-3-11(6-10)16-14(8-19)20-22-21-16/h1-7H,9H2,(H,20,21,22). The highest BCUT2D eigenvalue weighted by Crippen LogP contribution is 2.28. The minimum atomic E-state index is 0.323. The first-order chi connectivity index (χ1) is 11.2. The van der Waals surface area contributed by atoms with Crippen molar-refractivity contribution < 1.29 is 4.74 Å². The van der Waals surface area contributed by atoms with Gasteiger partial charge >= 0.3 is 0 Å². The van der Waals surface area contributed by atoms with Crippen molar-refractivity contribution in [1.29, 1.82) is 5.26 Å². The number of hydrogen-bond donors (Lipinski definition) is 1. The van der Waals surface area contributed by atoms with Gasteiger partial charge in [0.25, 0.3) is 0 Å². The van der Waals surface area contributed by atoms with Crippen molar-refractivity contribution in [1.82, 2.24) is 15.4 Å². The van der Waals surface area contributed by atoms with Crippen LogP contribution in [0, 0.1) is 11.3 Å². The third-order valence-corrected chi connectivity index (χ3v) is 3.68. The number of ether oxygens (including phenoxy) is 1. The maximum absolute atomic E-state index is 9.03. The van der Waals surface area contributed by atoms with E-state index in [2.05, 4.69) is 15.4 Å². The quantitative estimate of drug-likeness (QED) is 0.768. The van der Waals surface area contributed by atoms with E-state index in [4.69, 9.17) is 33.2 Å². The maximum atomic E-state index is 9.03. The van der Waals surface area contributed by atoms with Crippen LogP contribution in [-0.4, -0.2) is 15.4 Å². The van der Waals surface area contributed by atoms with Crippen molar-refractivity contribution in [3.63, 3.8) is 0 Å². The van der Waals surface area contributed by atoms with E-state index in [1.165, 1.54) is 0 Å². The van der Waals surface area contributed by atoms with Crippen LogP contribution in [0.5, 0.6) is 5.75 Å². The third-order valence-electron chi connectivity index (χ3n) is 3.15. The summed E-state index contributed by atoms with van der Waals surface area (Å²) in [4.78, 5) is 0. The van der Waals surface area contributed by atoms with Crippen molar-refractivity contribution >= 4 is 23.2 Å². The van der Waals surface area contributed by atoms with E-state index in [9.17, 15) is 0 Å². The molecule has 1 aromatic heterocycles. The van der Waals surface area contributed by atoms with Gasteiger partial charge in [0.05, 0.1) is 5.02 Å². The summed E-state index contributed by atoms with van der Waals surface area (Å²) in [6, 6.07) is 14.6. The highest BCUT2D eigenvalue weighted by Gasteiger charge is 2.10. The van der Waals surface area contributed by atoms with Crippen molar-refractivity contribution in [3.05, 3.63) is 63.8 Å². The smallest absolute Gasteiger partial charge is 0.163 e. The van der Waals surface area contributed by atoms with Gasteiger partial charge in [0.15, 0.2) is 5.69 Å². The number of nitrogens with one attached hydrogen (secondary N) is 1. The van der Waals surface area contributed by atoms with Crippen LogP contribution in [0.4, 0.5) is 0 Å². The number of hydrogen-bond acceptors (Lipinski definition) is 4. The molecule has 0 amide bonds. The van der Waals surface area contributed by atoms with Gasteiger partial charge in [-0.3, -0.25) is 0 Å². The lowest BCUT2D eigenvalue weighted by Gasteiger charge is -2.09. The Balaban J connectivity index is 1.79. The SMILES string of the molecule is N#Cc1[nH]nnc1-c1cccc(COc2ccc(Cl)cc2Cl)c1. The predicted molar refractivity (Wildman–Crippen MR) is 87.3 cm³/mol. The summed E-state index contributed by atoms with van der Waals surface area (Å²) in [7, 11) is 0. The fraction of sp³-hybridized carbons (Fsp3) is 0.0625. The topological polar surface area (TPSA) is 74.6 Å². The number of H-pyrrole nitrogens is 1. The van der Waals surface area contributed by atoms with Gasteiger partial charge < -0.3 is 4.74 Å². The molecule has 0 aliphatic rings. The molecule has 3 aromatic rings. The van der Waals surface area contributed by atoms with Crippen LogP contribution >= 0.6 is 23.2 Å². The van der Waals surface area contributed by atoms with Gasteiger partial charge in [-0.15, -0.1) is 5.10 Å². The Morgan fingerprint density at radius 2 is 2.04 bits per heavy atom. The second kappa shape index (κ2) is 6.69. The average molecular weight is 345 g/mol. The van der Waals surface area contributed by atoms with Gasteiger partial charge in [-0.05, 0) is 29.8 Å². The predicted octanol–water partition coefficient (Wildman–Crippen LogP) is 4.23. The molecule has 7 heteroatoms. The summed E-state index contributed by atoms with van der Waals surface area (Å²) in [6.07, 6.45) is 0. The van der Waals surface area contributed by atoms with E-state index >= 15 is 0 Å². The molecule has 3 rings (SSSR count). The lowest BCUT2D eigenvalue weighted by molar-refractivity contribution is 0.306. The molecule has 2 aromatic carbocycles. The first kappa shape index (κ1) is 15.3. The summed E-state index contributed by atoms with van der Waals surface area (Å²) in [6.45, 7) is 0.328. The fourth-order valence-electron chi connectivity index (χ4n) is 2.07. The van der Waals surface area contributed by atoms with Crippen LogP contribution in [0.15, 0.2) is 42.5 Å².